The Bertz CT molecular complexity index is 2460. The maximum absolute atomic E-state index is 13.1. The van der Waals surface area contributed by atoms with E-state index in [0.717, 1.165) is 167 Å². The summed E-state index contributed by atoms with van der Waals surface area (Å²) in [6.45, 7) is 4.53. The van der Waals surface area contributed by atoms with Crippen molar-refractivity contribution in [3.05, 3.63) is 134 Å². The average molecular weight is 1470 g/mol. The smallest absolute Gasteiger partial charge is 0.462 e. The monoisotopic (exact) mass is 1470 g/mol. The van der Waals surface area contributed by atoms with Gasteiger partial charge in [-0.2, -0.15) is 0 Å². The van der Waals surface area contributed by atoms with Gasteiger partial charge in [-0.1, -0.05) is 258 Å². The summed E-state index contributed by atoms with van der Waals surface area (Å²) in [4.78, 5) is 72.9. The fourth-order valence-corrected chi connectivity index (χ4v) is 11.7. The van der Waals surface area contributed by atoms with Gasteiger partial charge < -0.3 is 33.8 Å². The van der Waals surface area contributed by atoms with Gasteiger partial charge in [0.05, 0.1) is 26.4 Å². The molecule has 0 fully saturated rings. The highest BCUT2D eigenvalue weighted by Crippen LogP contribution is 2.45. The Kier molecular flexibility index (Phi) is 71.0. The number of rotatable bonds is 73. The first kappa shape index (κ1) is 97.2. The van der Waals surface area contributed by atoms with Gasteiger partial charge in [0.15, 0.2) is 12.2 Å². The molecule has 102 heavy (non-hydrogen) atoms. The molecule has 584 valence electrons. The van der Waals surface area contributed by atoms with Gasteiger partial charge in [0.25, 0.3) is 0 Å². The molecule has 0 heterocycles. The zero-order chi connectivity index (χ0) is 74.6. The van der Waals surface area contributed by atoms with E-state index in [1.807, 2.05) is 0 Å². The third-order valence-electron chi connectivity index (χ3n) is 16.1. The van der Waals surface area contributed by atoms with E-state index in [1.54, 1.807) is 0 Å². The SMILES string of the molecule is CC/C=C\C/C=C\C/C=C\C/C=C\C/C=C\CCCCCC(=O)OCC(COP(=O)(O)OCC(O)COP(=O)(O)OCC(COC(=O)CCCC/C=C\C/C=C\C/C=C\C/C=C\CC)OC(=O)CCCCCCC/C=C\CCCCCCCC)OC(=O)CCCCCCC/C=C\CCCCCC. The van der Waals surface area contributed by atoms with Crippen molar-refractivity contribution in [2.24, 2.45) is 0 Å². The fourth-order valence-electron chi connectivity index (χ4n) is 10.1. The third-order valence-corrected chi connectivity index (χ3v) is 18.0. The summed E-state index contributed by atoms with van der Waals surface area (Å²) in [5, 5.41) is 10.6. The van der Waals surface area contributed by atoms with E-state index in [1.165, 1.54) is 64.2 Å². The maximum Gasteiger partial charge on any atom is 0.472 e. The van der Waals surface area contributed by atoms with Crippen LogP contribution in [0.5, 0.6) is 0 Å². The first-order chi connectivity index (χ1) is 49.7. The Balaban J connectivity index is 5.42. The lowest BCUT2D eigenvalue weighted by Gasteiger charge is -2.21. The second-order valence-electron chi connectivity index (χ2n) is 25.9. The lowest BCUT2D eigenvalue weighted by atomic mass is 10.1. The Labute approximate surface area is 618 Å². The Morgan fingerprint density at radius 3 is 0.833 bits per heavy atom. The van der Waals surface area contributed by atoms with Crippen LogP contribution in [0.15, 0.2) is 134 Å². The summed E-state index contributed by atoms with van der Waals surface area (Å²) in [6, 6.07) is 0. The molecule has 0 aliphatic rings. The van der Waals surface area contributed by atoms with E-state index < -0.39 is 97.5 Å². The molecule has 0 spiro atoms. The van der Waals surface area contributed by atoms with Gasteiger partial charge in [-0.3, -0.25) is 37.3 Å². The summed E-state index contributed by atoms with van der Waals surface area (Å²) >= 11 is 0. The van der Waals surface area contributed by atoms with Crippen molar-refractivity contribution >= 4 is 39.5 Å². The van der Waals surface area contributed by atoms with E-state index in [0.29, 0.717) is 25.7 Å². The molecule has 0 aromatic carbocycles. The standard InChI is InChI=1S/C83H140O17P2/c1-5-9-13-17-21-25-29-33-36-37-38-39-42-45-48-52-56-60-64-68-81(86)94-73-78(99-82(87)69-65-61-57-53-49-43-32-28-24-20-16-12-8-4)75-97-101(89,90)95-71-77(84)72-96-102(91,92)98-76-79(100-83(88)70-66-62-58-54-50-46-41-35-31-27-23-19-15-11-7-3)74-93-80(85)67-63-59-55-51-47-44-40-34-30-26-22-18-14-10-6-2/h9-10,13-14,21-22,25-26,28,32-36,38-41,45,47-48,51,77-79,84H,5-8,11-12,15-20,23-24,27,29-31,37,42-44,46,49-50,52-76H2,1-4H3,(H,89,90)(H,91,92)/b13-9-,14-10-,25-21-,26-22-,32-28-,36-33-,39-38-,40-34-,41-35-,48-45-,51-47-. The van der Waals surface area contributed by atoms with Crippen LogP contribution >= 0.6 is 15.6 Å². The highest BCUT2D eigenvalue weighted by atomic mass is 31.2. The number of unbranched alkanes of at least 4 members (excludes halogenated alkanes) is 25. The third kappa shape index (κ3) is 73.5. The van der Waals surface area contributed by atoms with Crippen LogP contribution in [0.25, 0.3) is 0 Å². The van der Waals surface area contributed by atoms with Crippen LogP contribution < -0.4 is 0 Å². The molecule has 0 aliphatic heterocycles. The maximum atomic E-state index is 13.1. The molecule has 0 bridgehead atoms. The molecule has 0 saturated heterocycles. The first-order valence-corrected chi connectivity index (χ1v) is 42.4. The van der Waals surface area contributed by atoms with Gasteiger partial charge in [-0.25, -0.2) is 9.13 Å². The topological polar surface area (TPSA) is 237 Å². The van der Waals surface area contributed by atoms with Gasteiger partial charge in [0, 0.05) is 25.7 Å². The van der Waals surface area contributed by atoms with E-state index in [2.05, 4.69) is 161 Å². The lowest BCUT2D eigenvalue weighted by Crippen LogP contribution is -2.30. The van der Waals surface area contributed by atoms with Gasteiger partial charge in [-0.05, 0) is 161 Å². The molecule has 0 amide bonds. The van der Waals surface area contributed by atoms with Crippen LogP contribution in [0.2, 0.25) is 0 Å². The van der Waals surface area contributed by atoms with Crippen LogP contribution in [0, 0.1) is 0 Å². The number of phosphoric acid groups is 2. The average Bonchev–Trinajstić information content (AvgIpc) is 0.908. The number of phosphoric ester groups is 2. The van der Waals surface area contributed by atoms with Crippen molar-refractivity contribution in [3.63, 3.8) is 0 Å². The number of aliphatic hydroxyl groups excluding tert-OH is 1. The molecule has 5 unspecified atom stereocenters. The van der Waals surface area contributed by atoms with Gasteiger partial charge >= 0.3 is 39.5 Å². The summed E-state index contributed by atoms with van der Waals surface area (Å²) in [5.41, 5.74) is 0. The minimum absolute atomic E-state index is 0.0729. The quantitative estimate of drug-likeness (QED) is 0.0169. The molecule has 0 saturated carbocycles. The highest BCUT2D eigenvalue weighted by Gasteiger charge is 2.30. The first-order valence-electron chi connectivity index (χ1n) is 39.4. The summed E-state index contributed by atoms with van der Waals surface area (Å²) in [7, 11) is -9.98. The molecule has 0 aromatic heterocycles. The predicted molar refractivity (Wildman–Crippen MR) is 418 cm³/mol. The summed E-state index contributed by atoms with van der Waals surface area (Å²) < 4.78 is 68.5. The van der Waals surface area contributed by atoms with Crippen LogP contribution in [0.4, 0.5) is 0 Å². The zero-order valence-corrected chi connectivity index (χ0v) is 65.5. The second kappa shape index (κ2) is 74.5. The molecule has 19 heteroatoms. The molecule has 17 nitrogen and oxygen atoms in total. The number of hydrogen-bond acceptors (Lipinski definition) is 15. The van der Waals surface area contributed by atoms with Crippen LogP contribution in [0.3, 0.4) is 0 Å². The van der Waals surface area contributed by atoms with E-state index in [9.17, 15) is 43.2 Å². The van der Waals surface area contributed by atoms with Crippen molar-refractivity contribution in [1.82, 2.24) is 0 Å². The normalized spacial score (nSPS) is 14.6. The van der Waals surface area contributed by atoms with Crippen LogP contribution in [-0.2, 0) is 65.4 Å². The van der Waals surface area contributed by atoms with Gasteiger partial charge in [0.1, 0.15) is 19.3 Å². The Hall–Kier alpha value is -4.80. The highest BCUT2D eigenvalue weighted by molar-refractivity contribution is 7.47. The molecule has 3 N–H and O–H groups in total. The molecule has 5 atom stereocenters. The summed E-state index contributed by atoms with van der Waals surface area (Å²) in [6.07, 6.45) is 83.0. The van der Waals surface area contributed by atoms with E-state index in [-0.39, 0.29) is 25.7 Å². The van der Waals surface area contributed by atoms with Crippen molar-refractivity contribution in [3.8, 4) is 0 Å². The number of hydrogen-bond donors (Lipinski definition) is 3. The second-order valence-corrected chi connectivity index (χ2v) is 28.8. The van der Waals surface area contributed by atoms with Crippen LogP contribution in [-0.4, -0.2) is 96.7 Å². The molecule has 0 aliphatic carbocycles. The number of esters is 4. The Morgan fingerprint density at radius 2 is 0.510 bits per heavy atom. The number of carbonyl (C=O) groups excluding carboxylic acids is 4. The van der Waals surface area contributed by atoms with Crippen molar-refractivity contribution in [2.75, 3.05) is 39.6 Å². The predicted octanol–water partition coefficient (Wildman–Crippen LogP) is 22.9. The minimum atomic E-state index is -4.99. The van der Waals surface area contributed by atoms with E-state index in [4.69, 9.17) is 37.0 Å². The molecule has 0 aromatic rings. The zero-order valence-electron chi connectivity index (χ0n) is 63.7. The van der Waals surface area contributed by atoms with Crippen LogP contribution in [0.1, 0.15) is 310 Å². The lowest BCUT2D eigenvalue weighted by molar-refractivity contribution is -0.161. The largest absolute Gasteiger partial charge is 0.472 e. The van der Waals surface area contributed by atoms with Crippen molar-refractivity contribution in [2.45, 2.75) is 329 Å². The van der Waals surface area contributed by atoms with Gasteiger partial charge in [-0.15, -0.1) is 0 Å². The summed E-state index contributed by atoms with van der Waals surface area (Å²) in [5.74, 6) is -2.28. The number of aliphatic hydroxyl groups is 1. The molecule has 0 rings (SSSR count). The van der Waals surface area contributed by atoms with Crippen molar-refractivity contribution < 1.29 is 80.2 Å². The number of carbonyl (C=O) groups is 4. The molecular formula is C83H140O17P2. The minimum Gasteiger partial charge on any atom is -0.462 e. The van der Waals surface area contributed by atoms with E-state index >= 15 is 0 Å². The van der Waals surface area contributed by atoms with Crippen molar-refractivity contribution in [1.29, 1.82) is 0 Å². The Morgan fingerprint density at radius 1 is 0.284 bits per heavy atom. The van der Waals surface area contributed by atoms with Gasteiger partial charge in [0.2, 0.25) is 0 Å². The number of allylic oxidation sites excluding steroid dienone is 22. The fraction of sp³-hybridized carbons (Fsp3) is 0.687. The molecular weight excluding hydrogens is 1330 g/mol. The number of ether oxygens (including phenoxy) is 4. The molecule has 0 radical (unpaired) electrons.